The molecule has 138 valence electrons. The second kappa shape index (κ2) is 6.91. The Balaban J connectivity index is 1.99. The lowest BCUT2D eigenvalue weighted by atomic mass is 10.1. The Morgan fingerprint density at radius 2 is 1.63 bits per heavy atom. The molecule has 27 heavy (non-hydrogen) atoms. The van der Waals surface area contributed by atoms with E-state index in [1.807, 2.05) is 35.1 Å². The van der Waals surface area contributed by atoms with Crippen LogP contribution in [-0.4, -0.2) is 35.5 Å². The molecule has 8 nitrogen and oxygen atoms in total. The SMILES string of the molecule is COC(=O)c1ccc(-n2c(C)cc(C=C3C(=O)NC(=O)NC3=O)c2C)cc1. The molecule has 3 rings (SSSR count). The number of rotatable bonds is 3. The van der Waals surface area contributed by atoms with Crippen LogP contribution in [0, 0.1) is 13.8 Å². The number of nitrogens with zero attached hydrogens (tertiary/aromatic N) is 1. The van der Waals surface area contributed by atoms with E-state index >= 15 is 0 Å². The monoisotopic (exact) mass is 367 g/mol. The third kappa shape index (κ3) is 3.37. The van der Waals surface area contributed by atoms with Crippen LogP contribution >= 0.6 is 0 Å². The van der Waals surface area contributed by atoms with E-state index in [1.54, 1.807) is 24.3 Å². The number of methoxy groups -OCH3 is 1. The summed E-state index contributed by atoms with van der Waals surface area (Å²) in [5.41, 5.74) is 3.44. The van der Waals surface area contributed by atoms with E-state index in [9.17, 15) is 19.2 Å². The van der Waals surface area contributed by atoms with Gasteiger partial charge in [-0.1, -0.05) is 0 Å². The maximum Gasteiger partial charge on any atom is 0.337 e. The third-order valence-corrected chi connectivity index (χ3v) is 4.26. The van der Waals surface area contributed by atoms with E-state index in [4.69, 9.17) is 4.74 Å². The van der Waals surface area contributed by atoms with Crippen LogP contribution in [0.25, 0.3) is 11.8 Å². The number of hydrogen-bond donors (Lipinski definition) is 2. The summed E-state index contributed by atoms with van der Waals surface area (Å²) in [6.45, 7) is 3.73. The molecule has 0 saturated carbocycles. The lowest BCUT2D eigenvalue weighted by Gasteiger charge is -2.14. The van der Waals surface area contributed by atoms with Gasteiger partial charge in [-0.25, -0.2) is 9.59 Å². The second-order valence-corrected chi connectivity index (χ2v) is 6.00. The smallest absolute Gasteiger partial charge is 0.337 e. The number of hydrogen-bond acceptors (Lipinski definition) is 5. The van der Waals surface area contributed by atoms with E-state index in [1.165, 1.54) is 13.2 Å². The van der Waals surface area contributed by atoms with Crippen LogP contribution in [0.1, 0.15) is 27.3 Å². The van der Waals surface area contributed by atoms with Crippen molar-refractivity contribution in [1.82, 2.24) is 15.2 Å². The van der Waals surface area contributed by atoms with Crippen molar-refractivity contribution in [3.05, 3.63) is 58.4 Å². The highest BCUT2D eigenvalue weighted by Crippen LogP contribution is 2.23. The molecule has 1 aliphatic heterocycles. The standard InChI is InChI=1S/C19H17N3O5/c1-10-8-13(9-15-16(23)20-19(26)21-17(15)24)11(2)22(10)14-6-4-12(5-7-14)18(25)27-3/h4-9H,1-3H3,(H2,20,21,23,24,26). The van der Waals surface area contributed by atoms with Crippen LogP contribution in [0.5, 0.6) is 0 Å². The van der Waals surface area contributed by atoms with Crippen LogP contribution < -0.4 is 10.6 Å². The zero-order valence-corrected chi connectivity index (χ0v) is 15.0. The predicted molar refractivity (Wildman–Crippen MR) is 96.2 cm³/mol. The van der Waals surface area contributed by atoms with Gasteiger partial charge in [0.05, 0.1) is 12.7 Å². The van der Waals surface area contributed by atoms with Crippen LogP contribution in [0.3, 0.4) is 0 Å². The molecule has 2 heterocycles. The topological polar surface area (TPSA) is 106 Å². The maximum atomic E-state index is 11.9. The average molecular weight is 367 g/mol. The fraction of sp³-hybridized carbons (Fsp3) is 0.158. The summed E-state index contributed by atoms with van der Waals surface area (Å²) in [5.74, 6) is -1.90. The number of barbiturate groups is 1. The van der Waals surface area contributed by atoms with Crippen molar-refractivity contribution < 1.29 is 23.9 Å². The summed E-state index contributed by atoms with van der Waals surface area (Å²) in [6, 6.07) is 7.87. The highest BCUT2D eigenvalue weighted by atomic mass is 16.5. The molecule has 0 spiro atoms. The number of imide groups is 2. The molecule has 2 N–H and O–H groups in total. The van der Waals surface area contributed by atoms with Gasteiger partial charge < -0.3 is 9.30 Å². The minimum atomic E-state index is -0.835. The number of benzene rings is 1. The van der Waals surface area contributed by atoms with Crippen LogP contribution in [0.15, 0.2) is 35.9 Å². The van der Waals surface area contributed by atoms with E-state index in [-0.39, 0.29) is 5.57 Å². The lowest BCUT2D eigenvalue weighted by Crippen LogP contribution is -2.51. The Morgan fingerprint density at radius 1 is 1.04 bits per heavy atom. The van der Waals surface area contributed by atoms with Crippen LogP contribution in [-0.2, 0) is 14.3 Å². The molecule has 1 aromatic heterocycles. The van der Waals surface area contributed by atoms with E-state index in [0.717, 1.165) is 17.1 Å². The normalized spacial score (nSPS) is 13.9. The molecule has 0 bridgehead atoms. The molecular weight excluding hydrogens is 350 g/mol. The number of aryl methyl sites for hydroxylation is 1. The number of carbonyl (C=O) groups excluding carboxylic acids is 4. The van der Waals surface area contributed by atoms with Crippen LogP contribution in [0.4, 0.5) is 4.79 Å². The van der Waals surface area contributed by atoms with Gasteiger partial charge in [-0.3, -0.25) is 20.2 Å². The Kier molecular flexibility index (Phi) is 4.64. The minimum Gasteiger partial charge on any atom is -0.465 e. The summed E-state index contributed by atoms with van der Waals surface area (Å²) < 4.78 is 6.62. The first kappa shape index (κ1) is 18.1. The molecule has 8 heteroatoms. The van der Waals surface area contributed by atoms with E-state index in [0.29, 0.717) is 11.1 Å². The van der Waals surface area contributed by atoms with Gasteiger partial charge in [0.25, 0.3) is 11.8 Å². The first-order valence-corrected chi connectivity index (χ1v) is 8.08. The molecule has 1 aromatic carbocycles. The van der Waals surface area contributed by atoms with Gasteiger partial charge in [0.15, 0.2) is 0 Å². The van der Waals surface area contributed by atoms with Crippen molar-refractivity contribution in [2.24, 2.45) is 0 Å². The number of carbonyl (C=O) groups is 4. The molecular formula is C19H17N3O5. The summed E-state index contributed by atoms with van der Waals surface area (Å²) in [7, 11) is 1.32. The molecule has 4 amide bonds. The Labute approximate surface area is 154 Å². The van der Waals surface area contributed by atoms with E-state index in [2.05, 4.69) is 0 Å². The largest absolute Gasteiger partial charge is 0.465 e. The summed E-state index contributed by atoms with van der Waals surface area (Å²) in [4.78, 5) is 46.6. The molecule has 1 saturated heterocycles. The van der Waals surface area contributed by atoms with Gasteiger partial charge in [0, 0.05) is 17.1 Å². The zero-order chi connectivity index (χ0) is 19.7. The Morgan fingerprint density at radius 3 is 2.19 bits per heavy atom. The fourth-order valence-electron chi connectivity index (χ4n) is 2.96. The molecule has 1 fully saturated rings. The van der Waals surface area contributed by atoms with Crippen molar-refractivity contribution >= 4 is 29.9 Å². The number of urea groups is 1. The molecule has 0 atom stereocenters. The van der Waals surface area contributed by atoms with E-state index < -0.39 is 23.8 Å². The maximum absolute atomic E-state index is 11.9. The predicted octanol–water partition coefficient (Wildman–Crippen LogP) is 1.63. The van der Waals surface area contributed by atoms with Gasteiger partial charge in [-0.15, -0.1) is 0 Å². The van der Waals surface area contributed by atoms with Gasteiger partial charge >= 0.3 is 12.0 Å². The summed E-state index contributed by atoms with van der Waals surface area (Å²) in [5, 5.41) is 4.09. The minimum absolute atomic E-state index is 0.143. The Hall–Kier alpha value is -3.68. The first-order valence-electron chi connectivity index (χ1n) is 8.08. The molecule has 0 radical (unpaired) electrons. The van der Waals surface area contributed by atoms with Gasteiger partial charge in [0.2, 0.25) is 0 Å². The van der Waals surface area contributed by atoms with Crippen molar-refractivity contribution in [2.45, 2.75) is 13.8 Å². The quantitative estimate of drug-likeness (QED) is 0.487. The van der Waals surface area contributed by atoms with Crippen molar-refractivity contribution in [2.75, 3.05) is 7.11 Å². The van der Waals surface area contributed by atoms with Gasteiger partial charge in [-0.05, 0) is 55.8 Å². The highest BCUT2D eigenvalue weighted by molar-refractivity contribution is 6.31. The number of aromatic nitrogens is 1. The van der Waals surface area contributed by atoms with Crippen molar-refractivity contribution in [1.29, 1.82) is 0 Å². The molecule has 0 aliphatic carbocycles. The fourth-order valence-corrected chi connectivity index (χ4v) is 2.96. The number of ether oxygens (including phenoxy) is 1. The van der Waals surface area contributed by atoms with Crippen molar-refractivity contribution in [3.8, 4) is 5.69 Å². The van der Waals surface area contributed by atoms with Gasteiger partial charge in [-0.2, -0.15) is 0 Å². The molecule has 0 unspecified atom stereocenters. The first-order chi connectivity index (χ1) is 12.8. The molecule has 1 aliphatic rings. The number of amides is 4. The summed E-state index contributed by atoms with van der Waals surface area (Å²) >= 11 is 0. The zero-order valence-electron chi connectivity index (χ0n) is 15.0. The Bertz CT molecular complexity index is 977. The second-order valence-electron chi connectivity index (χ2n) is 6.00. The highest BCUT2D eigenvalue weighted by Gasteiger charge is 2.28. The number of esters is 1. The van der Waals surface area contributed by atoms with Crippen LogP contribution in [0.2, 0.25) is 0 Å². The van der Waals surface area contributed by atoms with Gasteiger partial charge in [0.1, 0.15) is 5.57 Å². The number of nitrogens with one attached hydrogen (secondary N) is 2. The lowest BCUT2D eigenvalue weighted by molar-refractivity contribution is -0.123. The molecule has 2 aromatic rings. The average Bonchev–Trinajstić information content (AvgIpc) is 2.91. The van der Waals surface area contributed by atoms with Crippen molar-refractivity contribution in [3.63, 3.8) is 0 Å². The third-order valence-electron chi connectivity index (χ3n) is 4.26. The summed E-state index contributed by atoms with van der Waals surface area (Å²) in [6.07, 6.45) is 1.44.